The van der Waals surface area contributed by atoms with E-state index in [-0.39, 0.29) is 5.91 Å². The van der Waals surface area contributed by atoms with Crippen molar-refractivity contribution in [2.45, 2.75) is 30.4 Å². The van der Waals surface area contributed by atoms with Crippen LogP contribution < -0.4 is 5.32 Å². The maximum Gasteiger partial charge on any atom is 0.316 e. The summed E-state index contributed by atoms with van der Waals surface area (Å²) < 4.78 is 0. The predicted molar refractivity (Wildman–Crippen MR) is 96.6 cm³/mol. The second kappa shape index (κ2) is 8.55. The smallest absolute Gasteiger partial charge is 0.316 e. The summed E-state index contributed by atoms with van der Waals surface area (Å²) in [7, 11) is 0. The Bertz CT molecular complexity index is 730. The van der Waals surface area contributed by atoms with Crippen LogP contribution in [0.2, 0.25) is 0 Å². The molecule has 0 aliphatic carbocycles. The Morgan fingerprint density at radius 1 is 1.17 bits per heavy atom. The molecule has 2 rings (SSSR count). The fourth-order valence-electron chi connectivity index (χ4n) is 2.28. The largest absolute Gasteiger partial charge is 0.480 e. The highest BCUT2D eigenvalue weighted by Gasteiger charge is 2.17. The van der Waals surface area contributed by atoms with Gasteiger partial charge in [-0.3, -0.25) is 9.59 Å². The molecular weight excluding hydrogens is 322 g/mol. The molecule has 1 amide bonds. The molecule has 0 bridgehead atoms. The summed E-state index contributed by atoms with van der Waals surface area (Å²) in [5, 5.41) is 11.3. The number of carbonyl (C=O) groups is 2. The Morgan fingerprint density at radius 2 is 1.92 bits per heavy atom. The van der Waals surface area contributed by atoms with Crippen molar-refractivity contribution >= 4 is 23.6 Å². The van der Waals surface area contributed by atoms with E-state index in [1.807, 2.05) is 25.1 Å². The molecule has 0 heterocycles. The van der Waals surface area contributed by atoms with E-state index in [0.717, 1.165) is 6.42 Å². The van der Waals surface area contributed by atoms with Crippen LogP contribution in [0.5, 0.6) is 0 Å². The van der Waals surface area contributed by atoms with Gasteiger partial charge in [0.15, 0.2) is 0 Å². The maximum absolute atomic E-state index is 12.4. The van der Waals surface area contributed by atoms with E-state index in [2.05, 4.69) is 11.4 Å². The molecule has 0 radical (unpaired) electrons. The molecule has 0 aliphatic rings. The highest BCUT2D eigenvalue weighted by molar-refractivity contribution is 8.00. The number of amides is 1. The molecule has 0 aliphatic heterocycles. The van der Waals surface area contributed by atoms with E-state index in [1.54, 1.807) is 31.2 Å². The highest BCUT2D eigenvalue weighted by Crippen LogP contribution is 2.26. The van der Waals surface area contributed by atoms with Crippen LogP contribution in [-0.2, 0) is 11.2 Å². The van der Waals surface area contributed by atoms with Crippen LogP contribution in [-0.4, -0.2) is 28.8 Å². The van der Waals surface area contributed by atoms with Crippen molar-refractivity contribution in [1.82, 2.24) is 5.32 Å². The minimum absolute atomic E-state index is 0.177. The monoisotopic (exact) mass is 343 g/mol. The molecular formula is C19H21NO3S. The summed E-state index contributed by atoms with van der Waals surface area (Å²) in [6.07, 6.45) is 0.758. The zero-order valence-electron chi connectivity index (χ0n) is 13.8. The molecule has 1 atom stereocenters. The summed E-state index contributed by atoms with van der Waals surface area (Å²) in [6.45, 7) is 4.19. The Balaban J connectivity index is 1.98. The van der Waals surface area contributed by atoms with E-state index in [4.69, 9.17) is 5.11 Å². The normalized spacial score (nSPS) is 11.8. The number of carboxylic acid groups (broad SMARTS) is 1. The molecule has 2 N–H and O–H groups in total. The Kier molecular flexibility index (Phi) is 6.44. The quantitative estimate of drug-likeness (QED) is 0.755. The summed E-state index contributed by atoms with van der Waals surface area (Å²) in [4.78, 5) is 24.1. The Morgan fingerprint density at radius 3 is 2.62 bits per heavy atom. The molecule has 5 heteroatoms. The van der Waals surface area contributed by atoms with E-state index in [1.165, 1.54) is 22.9 Å². The molecule has 0 aromatic heterocycles. The summed E-state index contributed by atoms with van der Waals surface area (Å²) >= 11 is 1.18. The number of aryl methyl sites for hydroxylation is 1. The predicted octanol–water partition coefficient (Wildman–Crippen LogP) is 3.53. The molecule has 0 saturated carbocycles. The van der Waals surface area contributed by atoms with Gasteiger partial charge in [0.05, 0.1) is 5.56 Å². The third kappa shape index (κ3) is 5.13. The molecule has 0 fully saturated rings. The summed E-state index contributed by atoms with van der Waals surface area (Å²) in [6, 6.07) is 15.3. The van der Waals surface area contributed by atoms with Crippen molar-refractivity contribution < 1.29 is 14.7 Å². The van der Waals surface area contributed by atoms with E-state index < -0.39 is 11.2 Å². The standard InChI is InChI=1S/C19H21NO3S/c1-13-6-5-7-15(12-13)10-11-20-18(21)16-8-3-4-9-17(16)24-14(2)19(22)23/h3-9,12,14H,10-11H2,1-2H3,(H,20,21)(H,22,23). The lowest BCUT2D eigenvalue weighted by Gasteiger charge is -2.12. The van der Waals surface area contributed by atoms with Gasteiger partial charge in [-0.15, -0.1) is 11.8 Å². The molecule has 4 nitrogen and oxygen atoms in total. The van der Waals surface area contributed by atoms with Crippen LogP contribution in [0.3, 0.4) is 0 Å². The first-order valence-corrected chi connectivity index (χ1v) is 8.67. The number of hydrogen-bond acceptors (Lipinski definition) is 3. The van der Waals surface area contributed by atoms with Crippen LogP contribution in [0.15, 0.2) is 53.4 Å². The van der Waals surface area contributed by atoms with Crippen LogP contribution in [0.4, 0.5) is 0 Å². The zero-order valence-corrected chi connectivity index (χ0v) is 14.6. The molecule has 0 spiro atoms. The van der Waals surface area contributed by atoms with Gasteiger partial charge in [-0.1, -0.05) is 42.0 Å². The second-order valence-electron chi connectivity index (χ2n) is 5.59. The van der Waals surface area contributed by atoms with Crippen molar-refractivity contribution in [2.24, 2.45) is 0 Å². The number of aliphatic carboxylic acids is 1. The van der Waals surface area contributed by atoms with Crippen molar-refractivity contribution in [3.63, 3.8) is 0 Å². The average molecular weight is 343 g/mol. The number of thioether (sulfide) groups is 1. The lowest BCUT2D eigenvalue weighted by molar-refractivity contribution is -0.136. The molecule has 126 valence electrons. The Hall–Kier alpha value is -2.27. The topological polar surface area (TPSA) is 66.4 Å². The van der Waals surface area contributed by atoms with E-state index >= 15 is 0 Å². The lowest BCUT2D eigenvalue weighted by Crippen LogP contribution is -2.26. The average Bonchev–Trinajstić information content (AvgIpc) is 2.55. The van der Waals surface area contributed by atoms with Gasteiger partial charge in [0.25, 0.3) is 5.91 Å². The molecule has 2 aromatic carbocycles. The van der Waals surface area contributed by atoms with E-state index in [9.17, 15) is 9.59 Å². The number of rotatable bonds is 7. The SMILES string of the molecule is Cc1cccc(CCNC(=O)c2ccccc2SC(C)C(=O)O)c1. The summed E-state index contributed by atoms with van der Waals surface area (Å²) in [5.74, 6) is -1.07. The third-order valence-electron chi connectivity index (χ3n) is 3.56. The number of carbonyl (C=O) groups excluding carboxylic acids is 1. The number of hydrogen-bond donors (Lipinski definition) is 2. The first-order valence-electron chi connectivity index (χ1n) is 7.79. The van der Waals surface area contributed by atoms with Gasteiger partial charge >= 0.3 is 5.97 Å². The lowest BCUT2D eigenvalue weighted by atomic mass is 10.1. The van der Waals surface area contributed by atoms with Gasteiger partial charge in [0.1, 0.15) is 5.25 Å². The second-order valence-corrected chi connectivity index (χ2v) is 6.97. The minimum atomic E-state index is -0.894. The summed E-state index contributed by atoms with van der Waals surface area (Å²) in [5.41, 5.74) is 2.89. The van der Waals surface area contributed by atoms with Gasteiger partial charge in [-0.2, -0.15) is 0 Å². The molecule has 2 aromatic rings. The number of benzene rings is 2. The van der Waals surface area contributed by atoms with Crippen molar-refractivity contribution in [1.29, 1.82) is 0 Å². The Labute approximate surface area is 146 Å². The van der Waals surface area contributed by atoms with Crippen molar-refractivity contribution in [2.75, 3.05) is 6.54 Å². The fourth-order valence-corrected chi connectivity index (χ4v) is 3.21. The first-order chi connectivity index (χ1) is 11.5. The highest BCUT2D eigenvalue weighted by atomic mass is 32.2. The first kappa shape index (κ1) is 18.1. The van der Waals surface area contributed by atoms with Crippen LogP contribution in [0.1, 0.15) is 28.4 Å². The maximum atomic E-state index is 12.4. The van der Waals surface area contributed by atoms with Gasteiger partial charge in [0.2, 0.25) is 0 Å². The number of nitrogens with one attached hydrogen (secondary N) is 1. The van der Waals surface area contributed by atoms with Gasteiger partial charge < -0.3 is 10.4 Å². The molecule has 24 heavy (non-hydrogen) atoms. The third-order valence-corrected chi connectivity index (χ3v) is 4.73. The minimum Gasteiger partial charge on any atom is -0.480 e. The van der Waals surface area contributed by atoms with Gasteiger partial charge in [-0.05, 0) is 38.0 Å². The van der Waals surface area contributed by atoms with Crippen molar-refractivity contribution in [3.8, 4) is 0 Å². The van der Waals surface area contributed by atoms with Crippen LogP contribution >= 0.6 is 11.8 Å². The molecule has 1 unspecified atom stereocenters. The van der Waals surface area contributed by atoms with Crippen molar-refractivity contribution in [3.05, 3.63) is 65.2 Å². The number of carboxylic acids is 1. The van der Waals surface area contributed by atoms with Gasteiger partial charge in [0, 0.05) is 11.4 Å². The van der Waals surface area contributed by atoms with E-state index in [0.29, 0.717) is 17.0 Å². The fraction of sp³-hybridized carbons (Fsp3) is 0.263. The van der Waals surface area contributed by atoms with Crippen LogP contribution in [0, 0.1) is 6.92 Å². The zero-order chi connectivity index (χ0) is 17.5. The van der Waals surface area contributed by atoms with Gasteiger partial charge in [-0.25, -0.2) is 0 Å². The molecule has 0 saturated heterocycles. The van der Waals surface area contributed by atoms with Crippen LogP contribution in [0.25, 0.3) is 0 Å².